The summed E-state index contributed by atoms with van der Waals surface area (Å²) in [6.45, 7) is 22.9. The molecule has 115 heavy (non-hydrogen) atoms. The van der Waals surface area contributed by atoms with E-state index >= 15 is 0 Å². The van der Waals surface area contributed by atoms with Gasteiger partial charge in [-0.3, -0.25) is 38.4 Å². The fourth-order valence-corrected chi connectivity index (χ4v) is 11.4. The molecular formula is C100H86NdO13Rb. The van der Waals surface area contributed by atoms with Gasteiger partial charge in [0.05, 0.1) is 22.3 Å². The molecule has 0 aliphatic carbocycles. The second kappa shape index (κ2) is 43.7. The maximum absolute atomic E-state index is 13.1. The van der Waals surface area contributed by atoms with Gasteiger partial charge in [0.1, 0.15) is 0 Å². The third-order valence-corrected chi connectivity index (χ3v) is 18.5. The van der Waals surface area contributed by atoms with E-state index in [1.54, 1.807) is 291 Å². The smallest absolute Gasteiger partial charge is 0.871 e. The molecule has 0 unspecified atom stereocenters. The van der Waals surface area contributed by atoms with Crippen molar-refractivity contribution >= 4 is 69.3 Å². The van der Waals surface area contributed by atoms with Crippen LogP contribution in [0.5, 0.6) is 0 Å². The number of rotatable bonds is 20. The van der Waals surface area contributed by atoms with Crippen LogP contribution in [0.2, 0.25) is 0 Å². The minimum absolute atomic E-state index is 0. The maximum Gasteiger partial charge on any atom is 3.00 e. The minimum atomic E-state index is -0.559. The quantitative estimate of drug-likeness (QED) is 0.0227. The molecule has 1 radical (unpaired) electrons. The predicted molar refractivity (Wildman–Crippen MR) is 440 cm³/mol. The molecule has 0 fully saturated rings. The molecule has 0 amide bonds. The summed E-state index contributed by atoms with van der Waals surface area (Å²) < 4.78 is 0. The number of carbonyl (C=O) groups is 8. The van der Waals surface area contributed by atoms with Crippen molar-refractivity contribution in [2.45, 2.75) is 83.1 Å². The first-order valence-electron chi connectivity index (χ1n) is 36.3. The Morgan fingerprint density at radius 3 is 0.304 bits per heavy atom. The Balaban J connectivity index is 0.000000236. The van der Waals surface area contributed by atoms with Crippen LogP contribution in [0.25, 0.3) is 23.0 Å². The molecule has 0 aliphatic heterocycles. The molecule has 0 bridgehead atoms. The van der Waals surface area contributed by atoms with E-state index in [2.05, 4.69) is 0 Å². The standard InChI is InChI=1S/4C25H22O3.Nd.H2O.Rb/c4*1-16-4-10-19(11-5-16)23(26)22(24(27)20-12-6-17(2)7-13-20)25(28)21-14-8-18(3)9-15-21;;;/h4*4-15,26H,1-3H3;;1H2;/q;;;;+3;;+1/p-4. The Kier molecular flexibility index (Phi) is 35.4. The van der Waals surface area contributed by atoms with Crippen molar-refractivity contribution in [3.05, 3.63) is 447 Å². The number of Topliss-reactive ketones (excluding diaryl/α,β-unsaturated/α-hetero) is 8. The second-order valence-electron chi connectivity index (χ2n) is 27.8. The van der Waals surface area contributed by atoms with Crippen molar-refractivity contribution in [3.63, 3.8) is 0 Å². The molecule has 0 aromatic heterocycles. The summed E-state index contributed by atoms with van der Waals surface area (Å²) in [6.07, 6.45) is 0. The maximum atomic E-state index is 13.1. The van der Waals surface area contributed by atoms with E-state index in [4.69, 9.17) is 0 Å². The summed E-state index contributed by atoms with van der Waals surface area (Å²) in [7, 11) is 0. The summed E-state index contributed by atoms with van der Waals surface area (Å²) >= 11 is 0. The van der Waals surface area contributed by atoms with Crippen LogP contribution in [0.3, 0.4) is 0 Å². The van der Waals surface area contributed by atoms with E-state index in [0.717, 1.165) is 66.8 Å². The molecular weight excluding hydrogens is 1640 g/mol. The van der Waals surface area contributed by atoms with Gasteiger partial charge in [-0.2, -0.15) is 0 Å². The number of aryl methyl sites for hydroxylation is 12. The van der Waals surface area contributed by atoms with Crippen molar-refractivity contribution in [1.29, 1.82) is 0 Å². The van der Waals surface area contributed by atoms with Gasteiger partial charge in [0, 0.05) is 44.5 Å². The largest absolute Gasteiger partial charge is 3.00 e. The first kappa shape index (κ1) is 93.1. The number of allylic oxidation sites excluding steroid dienone is 4. The van der Waals surface area contributed by atoms with Crippen LogP contribution in [0.4, 0.5) is 0 Å². The molecule has 0 aliphatic rings. The number of ketones is 8. The van der Waals surface area contributed by atoms with Crippen LogP contribution in [0.15, 0.2) is 313 Å². The van der Waals surface area contributed by atoms with Crippen LogP contribution in [0, 0.1) is 124 Å². The molecule has 0 heterocycles. The summed E-state index contributed by atoms with van der Waals surface area (Å²) in [5.41, 5.74) is 14.4. The Morgan fingerprint density at radius 1 is 0.157 bits per heavy atom. The molecule has 13 nitrogen and oxygen atoms in total. The molecule has 12 rings (SSSR count). The summed E-state index contributed by atoms with van der Waals surface area (Å²) in [4.78, 5) is 105. The van der Waals surface area contributed by atoms with Crippen molar-refractivity contribution < 1.29 is 163 Å². The van der Waals surface area contributed by atoms with Gasteiger partial charge >= 0.3 is 99.0 Å². The van der Waals surface area contributed by atoms with Crippen LogP contribution >= 0.6 is 0 Å². The average molecular weight is 1730 g/mol. The van der Waals surface area contributed by atoms with Gasteiger partial charge in [0.2, 0.25) is 0 Å². The molecule has 12 aromatic rings. The van der Waals surface area contributed by atoms with Crippen LogP contribution < -0.4 is 78.6 Å². The molecule has 2 N–H and O–H groups in total. The SMILES string of the molecule is Cc1ccc(C(=O)C(C(=O)c2ccc(C)cc2)=C([O-])c2ccc(C)cc2)cc1.Cc1ccc(C(=O)C(C(=O)c2ccc(C)cc2)=C([O-])c2ccc(C)cc2)cc1.Cc1ccc(C(=O)C(C(=O)c2ccc(C)cc2)=C([O-])c2ccc(C)cc2)cc1.Cc1ccc(C(=O)C(C(=O)c2ccc(C)cc2)=C([O-])c2ccc(C)cc2)cc1.O.[Nd+3].[Rb+]. The Labute approximate surface area is 754 Å². The van der Waals surface area contributed by atoms with E-state index in [0.29, 0.717) is 66.8 Å². The normalized spacial score (nSPS) is 10.1. The number of carbonyl (C=O) groups excluding carboxylic acids is 8. The minimum Gasteiger partial charge on any atom is -0.871 e. The average Bonchev–Trinajstić information content (AvgIpc) is 0.816. The summed E-state index contributed by atoms with van der Waals surface area (Å²) in [6, 6.07) is 82.3. The first-order valence-corrected chi connectivity index (χ1v) is 36.3. The molecule has 12 aromatic carbocycles. The second-order valence-corrected chi connectivity index (χ2v) is 27.8. The molecule has 0 atom stereocenters. The molecule has 569 valence electrons. The third-order valence-electron chi connectivity index (χ3n) is 18.5. The van der Waals surface area contributed by atoms with Crippen molar-refractivity contribution in [2.24, 2.45) is 0 Å². The van der Waals surface area contributed by atoms with Crippen molar-refractivity contribution in [2.75, 3.05) is 0 Å². The number of hydrogen-bond acceptors (Lipinski definition) is 12. The zero-order chi connectivity index (χ0) is 81.0. The molecule has 0 spiro atoms. The van der Waals surface area contributed by atoms with E-state index in [1.165, 1.54) is 0 Å². The van der Waals surface area contributed by atoms with E-state index in [9.17, 15) is 58.8 Å². The Hall–Kier alpha value is -10.7. The van der Waals surface area contributed by atoms with Gasteiger partial charge in [-0.1, -0.05) is 381 Å². The van der Waals surface area contributed by atoms with Crippen LogP contribution in [0.1, 0.15) is 172 Å². The van der Waals surface area contributed by atoms with Crippen LogP contribution in [-0.4, -0.2) is 51.7 Å². The van der Waals surface area contributed by atoms with Gasteiger partial charge in [-0.25, -0.2) is 0 Å². The van der Waals surface area contributed by atoms with Crippen molar-refractivity contribution in [1.82, 2.24) is 0 Å². The fourth-order valence-electron chi connectivity index (χ4n) is 11.4. The molecule has 0 saturated carbocycles. The number of hydrogen-bond donors (Lipinski definition) is 0. The van der Waals surface area contributed by atoms with Crippen molar-refractivity contribution in [3.8, 4) is 0 Å². The predicted octanol–water partition coefficient (Wildman–Crippen LogP) is 14.0. The first-order chi connectivity index (χ1) is 53.5. The topological polar surface area (TPSA) is 260 Å². The zero-order valence-corrected chi connectivity index (χ0v) is 74.7. The molecule has 15 heteroatoms. The van der Waals surface area contributed by atoms with E-state index < -0.39 is 69.3 Å². The van der Waals surface area contributed by atoms with Gasteiger partial charge in [-0.15, -0.1) is 0 Å². The summed E-state index contributed by atoms with van der Waals surface area (Å²) in [5.74, 6) is -6.71. The van der Waals surface area contributed by atoms with Gasteiger partial charge in [0.15, 0.2) is 46.3 Å². The number of benzene rings is 12. The Morgan fingerprint density at radius 2 is 0.226 bits per heavy atom. The zero-order valence-electron chi connectivity index (χ0n) is 66.6. The summed E-state index contributed by atoms with van der Waals surface area (Å²) in [5, 5.41) is 52.6. The van der Waals surface area contributed by atoms with E-state index in [-0.39, 0.29) is 127 Å². The van der Waals surface area contributed by atoms with Crippen LogP contribution in [-0.2, 0) is 0 Å². The Bertz CT molecular complexity index is 4640. The van der Waals surface area contributed by atoms with E-state index in [1.807, 2.05) is 83.1 Å². The van der Waals surface area contributed by atoms with Gasteiger partial charge < -0.3 is 25.9 Å². The fraction of sp³-hybridized carbons (Fsp3) is 0.120. The monoisotopic (exact) mass is 1720 g/mol. The molecule has 0 saturated heterocycles. The van der Waals surface area contributed by atoms with Gasteiger partial charge in [0.25, 0.3) is 0 Å². The third kappa shape index (κ3) is 25.1. The van der Waals surface area contributed by atoms with Gasteiger partial charge in [-0.05, 0) is 105 Å².